The zero-order chi connectivity index (χ0) is 29.6. The summed E-state index contributed by atoms with van der Waals surface area (Å²) in [5, 5.41) is 15.1. The number of Topliss-reactive ketones (excluding diaryl/α,β-unsaturated/α-hetero) is 1. The van der Waals surface area contributed by atoms with Gasteiger partial charge in [-0.25, -0.2) is 13.2 Å². The molecule has 2 aromatic heterocycles. The normalized spacial score (nSPS) is 35.9. The Bertz CT molecular complexity index is 1380. The maximum atomic E-state index is 13.1. The summed E-state index contributed by atoms with van der Waals surface area (Å²) in [6.07, 6.45) is 3.93. The predicted molar refractivity (Wildman–Crippen MR) is 152 cm³/mol. The molecular weight excluding hydrogens is 587 g/mol. The van der Waals surface area contributed by atoms with E-state index in [2.05, 4.69) is 14.1 Å². The quantitative estimate of drug-likeness (QED) is 0.224. The number of carbonyl (C=O) groups excluding carboxylic acids is 2. The number of epoxide rings is 1. The first-order chi connectivity index (χ1) is 19.1. The van der Waals surface area contributed by atoms with Gasteiger partial charge in [-0.2, -0.15) is 0 Å². The number of carbonyl (C=O) groups is 2. The smallest absolute Gasteiger partial charge is 0.349 e. The number of hydrogen-bond donors (Lipinski definition) is 1. The van der Waals surface area contributed by atoms with Crippen molar-refractivity contribution in [1.29, 1.82) is 0 Å². The van der Waals surface area contributed by atoms with E-state index < -0.39 is 32.9 Å². The van der Waals surface area contributed by atoms with E-state index in [1.807, 2.05) is 36.7 Å². The van der Waals surface area contributed by atoms with Gasteiger partial charge in [-0.3, -0.25) is 4.79 Å². The minimum absolute atomic E-state index is 0.0248. The molecule has 7 atom stereocenters. The van der Waals surface area contributed by atoms with Crippen molar-refractivity contribution in [3.05, 3.63) is 44.8 Å². The van der Waals surface area contributed by atoms with Gasteiger partial charge in [-0.15, -0.1) is 22.7 Å². The number of nitrogens with zero attached hydrogens (tertiary/aromatic N) is 1. The minimum atomic E-state index is -4.33. The zero-order valence-electron chi connectivity index (χ0n) is 23.6. The molecule has 5 aliphatic rings. The Morgan fingerprint density at radius 3 is 2.12 bits per heavy atom. The lowest BCUT2D eigenvalue weighted by atomic mass is 9.70. The van der Waals surface area contributed by atoms with Gasteiger partial charge in [0.15, 0.2) is 0 Å². The highest BCUT2D eigenvalue weighted by Crippen LogP contribution is 2.64. The fourth-order valence-corrected chi connectivity index (χ4v) is 11.2. The number of aliphatic hydroxyl groups is 1. The molecule has 7 rings (SSSR count). The number of fused-ring (bicyclic) bond motifs is 7. The highest BCUT2D eigenvalue weighted by molar-refractivity contribution is 7.85. The number of esters is 1. The Kier molecular flexibility index (Phi) is 6.93. The Labute approximate surface area is 248 Å². The van der Waals surface area contributed by atoms with Gasteiger partial charge in [-0.1, -0.05) is 26.0 Å². The van der Waals surface area contributed by atoms with Crippen LogP contribution in [0.2, 0.25) is 0 Å². The average Bonchev–Trinajstić information content (AvgIpc) is 3.25. The molecule has 3 saturated heterocycles. The van der Waals surface area contributed by atoms with E-state index in [1.165, 1.54) is 22.7 Å². The minimum Gasteiger partial charge on any atom is -0.748 e. The van der Waals surface area contributed by atoms with Crippen molar-refractivity contribution in [2.24, 2.45) is 16.7 Å². The number of morpholine rings is 1. The molecule has 2 aromatic rings. The molecule has 5 fully saturated rings. The van der Waals surface area contributed by atoms with Crippen LogP contribution in [0.1, 0.15) is 55.7 Å². The molecule has 4 bridgehead atoms. The first-order valence-corrected chi connectivity index (χ1v) is 17.4. The van der Waals surface area contributed by atoms with Crippen LogP contribution in [0.25, 0.3) is 0 Å². The van der Waals surface area contributed by atoms with Crippen LogP contribution in [0, 0.1) is 16.7 Å². The van der Waals surface area contributed by atoms with Crippen LogP contribution in [0.3, 0.4) is 0 Å². The summed E-state index contributed by atoms with van der Waals surface area (Å²) >= 11 is 2.74. The lowest BCUT2D eigenvalue weighted by Gasteiger charge is -2.45. The molecule has 41 heavy (non-hydrogen) atoms. The molecule has 224 valence electrons. The van der Waals surface area contributed by atoms with E-state index in [4.69, 9.17) is 9.47 Å². The van der Waals surface area contributed by atoms with Gasteiger partial charge in [-0.05, 0) is 47.1 Å². The third-order valence-electron chi connectivity index (χ3n) is 10.9. The number of ketones is 1. The van der Waals surface area contributed by atoms with Crippen molar-refractivity contribution >= 4 is 44.5 Å². The molecule has 12 heteroatoms. The molecule has 0 aromatic carbocycles. The standard InChI is InChI=1S/C19H22NO4S2.C10H16O4S/c1-20(2)12-9-11(10-13(20)17-16(12)24-17)23-18(21)19(22,14-5-3-7-25-14)15-6-4-8-26-15;1-9(2)7-3-4-10(9,8(11)5-7)6-15(12,13)14/h3-8,11-13,16-17,22H,9-10H2,1-2H3;7H,3-6H2,1-2H3,(H,12,13,14)/q+1;/p-1/t11?,12-,13+,16-,17+;7-,10-/m.1/s1. The predicted octanol–water partition coefficient (Wildman–Crippen LogP) is 3.27. The molecule has 3 aliphatic heterocycles. The van der Waals surface area contributed by atoms with E-state index >= 15 is 0 Å². The van der Waals surface area contributed by atoms with Crippen molar-refractivity contribution in [3.8, 4) is 0 Å². The molecular formula is C29H37NO8S3. The molecule has 0 spiro atoms. The second-order valence-electron chi connectivity index (χ2n) is 13.4. The highest BCUT2D eigenvalue weighted by Gasteiger charge is 2.71. The summed E-state index contributed by atoms with van der Waals surface area (Å²) < 4.78 is 45.3. The van der Waals surface area contributed by atoms with E-state index in [0.717, 1.165) is 23.7 Å². The van der Waals surface area contributed by atoms with E-state index in [1.54, 1.807) is 12.1 Å². The molecule has 0 amide bonds. The summed E-state index contributed by atoms with van der Waals surface area (Å²) in [6.45, 7) is 3.83. The van der Waals surface area contributed by atoms with E-state index in [9.17, 15) is 27.7 Å². The maximum Gasteiger partial charge on any atom is 0.349 e. The first-order valence-electron chi connectivity index (χ1n) is 14.1. The van der Waals surface area contributed by atoms with Gasteiger partial charge < -0.3 is 23.6 Å². The summed E-state index contributed by atoms with van der Waals surface area (Å²) in [4.78, 5) is 26.2. The van der Waals surface area contributed by atoms with E-state index in [-0.39, 0.29) is 23.2 Å². The Hall–Kier alpha value is -1.67. The molecule has 1 N–H and O–H groups in total. The molecule has 0 radical (unpaired) electrons. The van der Waals surface area contributed by atoms with Crippen molar-refractivity contribution in [2.75, 3.05) is 19.8 Å². The summed E-state index contributed by atoms with van der Waals surface area (Å²) in [5.41, 5.74) is -2.94. The van der Waals surface area contributed by atoms with Gasteiger partial charge in [0.25, 0.3) is 0 Å². The van der Waals surface area contributed by atoms with Gasteiger partial charge in [0.1, 0.15) is 36.2 Å². The monoisotopic (exact) mass is 623 g/mol. The first kappa shape index (κ1) is 29.4. The number of thiophene rings is 2. The van der Waals surface area contributed by atoms with Crippen molar-refractivity contribution in [3.63, 3.8) is 0 Å². The number of ether oxygens (including phenoxy) is 2. The SMILES string of the molecule is CC1(C)[C@@H]2CC[C@@]1(CS(=O)(=O)[O-])C(=O)C2.C[N+]1(C)[C@@H]2CC(OC(=O)C(O)(c3cccs3)c3cccs3)C[C@H]1[C@@H]1O[C@@H]12. The lowest BCUT2D eigenvalue weighted by molar-refractivity contribution is -0.938. The maximum absolute atomic E-state index is 13.1. The Morgan fingerprint density at radius 2 is 1.71 bits per heavy atom. The average molecular weight is 624 g/mol. The number of likely N-dealkylation sites (N-methyl/N-ethyl adjacent to an activating group) is 1. The molecule has 1 unspecified atom stereocenters. The van der Waals surface area contributed by atoms with Crippen LogP contribution in [0.5, 0.6) is 0 Å². The Balaban J connectivity index is 0.000000172. The fourth-order valence-electron chi connectivity index (χ4n) is 8.24. The van der Waals surface area contributed by atoms with Crippen molar-refractivity contribution < 1.29 is 41.6 Å². The number of quaternary nitrogens is 1. The summed E-state index contributed by atoms with van der Waals surface area (Å²) in [5.74, 6) is -0.842. The molecule has 9 nitrogen and oxygen atoms in total. The van der Waals surface area contributed by atoms with Gasteiger partial charge in [0.2, 0.25) is 5.60 Å². The topological polar surface area (TPSA) is 133 Å². The van der Waals surface area contributed by atoms with Crippen molar-refractivity contribution in [2.45, 2.75) is 81.9 Å². The van der Waals surface area contributed by atoms with Crippen LogP contribution in [-0.4, -0.2) is 84.6 Å². The third kappa shape index (κ3) is 4.56. The lowest BCUT2D eigenvalue weighted by Crippen LogP contribution is -2.60. The number of piperidine rings is 1. The molecule has 2 saturated carbocycles. The van der Waals surface area contributed by atoms with Gasteiger partial charge in [0.05, 0.1) is 39.7 Å². The largest absolute Gasteiger partial charge is 0.748 e. The van der Waals surface area contributed by atoms with Gasteiger partial charge in [0, 0.05) is 24.7 Å². The second kappa shape index (κ2) is 9.67. The third-order valence-corrected chi connectivity index (χ3v) is 13.7. The molecule has 5 heterocycles. The van der Waals surface area contributed by atoms with Crippen LogP contribution in [-0.2, 0) is 34.8 Å². The van der Waals surface area contributed by atoms with Crippen LogP contribution in [0.15, 0.2) is 35.0 Å². The summed E-state index contributed by atoms with van der Waals surface area (Å²) in [7, 11) is 0.167. The fraction of sp³-hybridized carbons (Fsp3) is 0.655. The van der Waals surface area contributed by atoms with E-state index in [0.29, 0.717) is 46.9 Å². The number of rotatable bonds is 6. The van der Waals surface area contributed by atoms with Crippen LogP contribution >= 0.6 is 22.7 Å². The Morgan fingerprint density at radius 1 is 1.15 bits per heavy atom. The highest BCUT2D eigenvalue weighted by atomic mass is 32.2. The van der Waals surface area contributed by atoms with Crippen LogP contribution in [0.4, 0.5) is 0 Å². The number of hydrogen-bond acceptors (Lipinski definition) is 10. The second-order valence-corrected chi connectivity index (χ2v) is 16.7. The molecule has 2 aliphatic carbocycles. The van der Waals surface area contributed by atoms with Crippen LogP contribution < -0.4 is 0 Å². The summed E-state index contributed by atoms with van der Waals surface area (Å²) in [6, 6.07) is 8.01. The zero-order valence-corrected chi connectivity index (χ0v) is 26.1. The van der Waals surface area contributed by atoms with Crippen molar-refractivity contribution in [1.82, 2.24) is 0 Å². The van der Waals surface area contributed by atoms with Gasteiger partial charge >= 0.3 is 5.97 Å².